The molecule has 7 heteroatoms. The van der Waals surface area contributed by atoms with E-state index in [-0.39, 0.29) is 11.8 Å². The minimum absolute atomic E-state index is 0.00501. The van der Waals surface area contributed by atoms with Gasteiger partial charge in [0.25, 0.3) is 0 Å². The second-order valence-corrected chi connectivity index (χ2v) is 8.28. The molecule has 0 bridgehead atoms. The molecule has 0 saturated carbocycles. The van der Waals surface area contributed by atoms with Crippen LogP contribution in [0.15, 0.2) is 54.9 Å². The highest BCUT2D eigenvalue weighted by Gasteiger charge is 2.21. The minimum atomic E-state index is 0.00501. The molecule has 32 heavy (non-hydrogen) atoms. The third-order valence-corrected chi connectivity index (χ3v) is 6.11. The number of aryl methyl sites for hydroxylation is 1. The molecule has 0 unspecified atom stereocenters. The second kappa shape index (κ2) is 10.3. The molecule has 7 nitrogen and oxygen atoms in total. The van der Waals surface area contributed by atoms with Gasteiger partial charge in [-0.1, -0.05) is 18.2 Å². The summed E-state index contributed by atoms with van der Waals surface area (Å²) >= 11 is 0. The minimum Gasteiger partial charge on any atom is -0.354 e. The fraction of sp³-hybridized carbons (Fsp3) is 0.400. The van der Waals surface area contributed by atoms with Crippen molar-refractivity contribution in [1.29, 1.82) is 0 Å². The first-order valence-corrected chi connectivity index (χ1v) is 11.4. The molecule has 1 N–H and O–H groups in total. The zero-order valence-electron chi connectivity index (χ0n) is 18.7. The summed E-state index contributed by atoms with van der Waals surface area (Å²) in [5.41, 5.74) is 2.45. The standard InChI is InChI=1S/C25H31N5O2/c1-20-6-4-7-22-21(20)11-14-28(22)15-13-27-24(31)9-5-10-25(32)30-18-16-29(17-19-30)23-8-2-3-12-26-23/h2-4,6-8,11-12,14H,5,9-10,13,15-19H2,1H3,(H,27,31). The summed E-state index contributed by atoms with van der Waals surface area (Å²) in [6.45, 7) is 6.40. The van der Waals surface area contributed by atoms with Crippen LogP contribution in [0.4, 0.5) is 5.82 Å². The second-order valence-electron chi connectivity index (χ2n) is 8.28. The van der Waals surface area contributed by atoms with Gasteiger partial charge in [0.05, 0.1) is 0 Å². The van der Waals surface area contributed by atoms with Gasteiger partial charge in [-0.15, -0.1) is 0 Å². The van der Waals surface area contributed by atoms with Crippen molar-refractivity contribution in [2.24, 2.45) is 0 Å². The number of fused-ring (bicyclic) bond motifs is 1. The Kier molecular flexibility index (Phi) is 7.04. The summed E-state index contributed by atoms with van der Waals surface area (Å²) < 4.78 is 2.16. The van der Waals surface area contributed by atoms with E-state index < -0.39 is 0 Å². The molecule has 2 amide bonds. The Labute approximate surface area is 189 Å². The van der Waals surface area contributed by atoms with E-state index in [1.807, 2.05) is 23.1 Å². The molecule has 2 aromatic heterocycles. The topological polar surface area (TPSA) is 70.5 Å². The van der Waals surface area contributed by atoms with Crippen LogP contribution >= 0.6 is 0 Å². The number of hydrogen-bond donors (Lipinski definition) is 1. The van der Waals surface area contributed by atoms with Crippen LogP contribution in [0, 0.1) is 6.92 Å². The lowest BCUT2D eigenvalue weighted by molar-refractivity contribution is -0.131. The van der Waals surface area contributed by atoms with Gasteiger partial charge in [0, 0.05) is 75.4 Å². The van der Waals surface area contributed by atoms with Gasteiger partial charge in [-0.3, -0.25) is 9.59 Å². The van der Waals surface area contributed by atoms with Crippen molar-refractivity contribution in [2.75, 3.05) is 37.6 Å². The Bertz CT molecular complexity index is 1050. The van der Waals surface area contributed by atoms with E-state index in [0.717, 1.165) is 25.5 Å². The summed E-state index contributed by atoms with van der Waals surface area (Å²) in [6.07, 6.45) is 5.23. The van der Waals surface area contributed by atoms with Crippen LogP contribution in [0.25, 0.3) is 10.9 Å². The normalized spacial score (nSPS) is 14.0. The molecule has 1 aliphatic heterocycles. The summed E-state index contributed by atoms with van der Waals surface area (Å²) in [7, 11) is 0. The average Bonchev–Trinajstić information content (AvgIpc) is 3.24. The number of hydrogen-bond acceptors (Lipinski definition) is 4. The molecule has 1 aliphatic rings. The summed E-state index contributed by atoms with van der Waals surface area (Å²) in [4.78, 5) is 33.2. The summed E-state index contributed by atoms with van der Waals surface area (Å²) in [5.74, 6) is 1.09. The Morgan fingerprint density at radius 3 is 2.62 bits per heavy atom. The number of piperazine rings is 1. The SMILES string of the molecule is Cc1cccc2c1ccn2CCNC(=O)CCCC(=O)N1CCN(c2ccccn2)CC1. The predicted molar refractivity (Wildman–Crippen MR) is 127 cm³/mol. The largest absolute Gasteiger partial charge is 0.354 e. The number of carbonyl (C=O) groups is 2. The molecule has 0 aliphatic carbocycles. The van der Waals surface area contributed by atoms with Crippen LogP contribution in [-0.4, -0.2) is 59.0 Å². The third kappa shape index (κ3) is 5.28. The molecule has 3 heterocycles. The van der Waals surface area contributed by atoms with Crippen molar-refractivity contribution >= 4 is 28.5 Å². The Balaban J connectivity index is 1.13. The van der Waals surface area contributed by atoms with E-state index in [1.54, 1.807) is 6.20 Å². The third-order valence-electron chi connectivity index (χ3n) is 6.11. The van der Waals surface area contributed by atoms with Crippen molar-refractivity contribution in [2.45, 2.75) is 32.7 Å². The lowest BCUT2D eigenvalue weighted by atomic mass is 10.1. The average molecular weight is 434 g/mol. The Morgan fingerprint density at radius 2 is 1.84 bits per heavy atom. The van der Waals surface area contributed by atoms with Crippen molar-refractivity contribution < 1.29 is 9.59 Å². The molecule has 1 fully saturated rings. The molecule has 1 aromatic carbocycles. The van der Waals surface area contributed by atoms with Crippen LogP contribution < -0.4 is 10.2 Å². The van der Waals surface area contributed by atoms with Gasteiger partial charge in [-0.05, 0) is 43.2 Å². The van der Waals surface area contributed by atoms with Crippen molar-refractivity contribution in [1.82, 2.24) is 19.8 Å². The first-order chi connectivity index (χ1) is 15.6. The Hall–Kier alpha value is -3.35. The molecule has 168 valence electrons. The predicted octanol–water partition coefficient (Wildman–Crippen LogP) is 2.98. The maximum atomic E-state index is 12.5. The van der Waals surface area contributed by atoms with Crippen LogP contribution in [0.3, 0.4) is 0 Å². The maximum Gasteiger partial charge on any atom is 0.222 e. The number of carbonyl (C=O) groups excluding carboxylic acids is 2. The van der Waals surface area contributed by atoms with Crippen LogP contribution in [0.2, 0.25) is 0 Å². The van der Waals surface area contributed by atoms with E-state index in [0.29, 0.717) is 38.9 Å². The van der Waals surface area contributed by atoms with E-state index in [9.17, 15) is 9.59 Å². The van der Waals surface area contributed by atoms with Gasteiger partial charge < -0.3 is 19.7 Å². The van der Waals surface area contributed by atoms with E-state index in [4.69, 9.17) is 0 Å². The van der Waals surface area contributed by atoms with Crippen LogP contribution in [0.1, 0.15) is 24.8 Å². The summed E-state index contributed by atoms with van der Waals surface area (Å²) in [5, 5.41) is 4.23. The zero-order valence-corrected chi connectivity index (χ0v) is 18.7. The highest BCUT2D eigenvalue weighted by atomic mass is 16.2. The smallest absolute Gasteiger partial charge is 0.222 e. The van der Waals surface area contributed by atoms with Gasteiger partial charge in [0.2, 0.25) is 11.8 Å². The fourth-order valence-corrected chi connectivity index (χ4v) is 4.26. The number of nitrogens with zero attached hydrogens (tertiary/aromatic N) is 4. The number of benzene rings is 1. The van der Waals surface area contributed by atoms with Crippen molar-refractivity contribution in [3.8, 4) is 0 Å². The maximum absolute atomic E-state index is 12.5. The molecule has 0 spiro atoms. The van der Waals surface area contributed by atoms with Gasteiger partial charge in [-0.25, -0.2) is 4.98 Å². The highest BCUT2D eigenvalue weighted by molar-refractivity contribution is 5.83. The molecule has 1 saturated heterocycles. The molecule has 4 rings (SSSR count). The van der Waals surface area contributed by atoms with Gasteiger partial charge in [0.1, 0.15) is 5.82 Å². The van der Waals surface area contributed by atoms with E-state index in [1.165, 1.54) is 16.5 Å². The first-order valence-electron chi connectivity index (χ1n) is 11.4. The van der Waals surface area contributed by atoms with Gasteiger partial charge in [0.15, 0.2) is 0 Å². The van der Waals surface area contributed by atoms with Crippen LogP contribution in [-0.2, 0) is 16.1 Å². The van der Waals surface area contributed by atoms with Crippen molar-refractivity contribution in [3.05, 3.63) is 60.4 Å². The number of amides is 2. The van der Waals surface area contributed by atoms with Gasteiger partial charge in [-0.2, -0.15) is 0 Å². The highest BCUT2D eigenvalue weighted by Crippen LogP contribution is 2.19. The lowest BCUT2D eigenvalue weighted by Gasteiger charge is -2.35. The van der Waals surface area contributed by atoms with Gasteiger partial charge >= 0.3 is 0 Å². The lowest BCUT2D eigenvalue weighted by Crippen LogP contribution is -2.49. The van der Waals surface area contributed by atoms with Crippen molar-refractivity contribution in [3.63, 3.8) is 0 Å². The Morgan fingerprint density at radius 1 is 1.00 bits per heavy atom. The zero-order chi connectivity index (χ0) is 22.3. The quantitative estimate of drug-likeness (QED) is 0.593. The number of nitrogens with one attached hydrogen (secondary N) is 1. The molecule has 0 atom stereocenters. The van der Waals surface area contributed by atoms with E-state index >= 15 is 0 Å². The number of aromatic nitrogens is 2. The molecular weight excluding hydrogens is 402 g/mol. The number of anilines is 1. The molecule has 3 aromatic rings. The number of rotatable bonds is 8. The summed E-state index contributed by atoms with van der Waals surface area (Å²) in [6, 6.07) is 14.3. The van der Waals surface area contributed by atoms with E-state index in [2.05, 4.69) is 57.2 Å². The fourth-order valence-electron chi connectivity index (χ4n) is 4.26. The number of pyridine rings is 1. The van der Waals surface area contributed by atoms with Crippen LogP contribution in [0.5, 0.6) is 0 Å². The first kappa shape index (κ1) is 21.9. The molecule has 0 radical (unpaired) electrons. The monoisotopic (exact) mass is 433 g/mol. The molecular formula is C25H31N5O2.